The van der Waals surface area contributed by atoms with Crippen LogP contribution < -0.4 is 5.73 Å². The van der Waals surface area contributed by atoms with Crippen LogP contribution in [0.5, 0.6) is 0 Å². The van der Waals surface area contributed by atoms with Crippen LogP contribution in [0, 0.1) is 0 Å². The number of aliphatic hydroxyl groups excluding tert-OH is 1. The number of carbonyl (C=O) groups is 1. The molecule has 0 saturated carbocycles. The van der Waals surface area contributed by atoms with E-state index in [1.165, 1.54) is 6.92 Å². The minimum Gasteiger partial charge on any atom is -0.513 e. The number of hydrogen-bond donors (Lipinski definition) is 2. The van der Waals surface area contributed by atoms with E-state index in [0.29, 0.717) is 12.8 Å². The largest absolute Gasteiger partial charge is 0.513 e. The van der Waals surface area contributed by atoms with E-state index in [1.54, 1.807) is 0 Å². The van der Waals surface area contributed by atoms with Gasteiger partial charge < -0.3 is 10.8 Å². The number of aliphatic hydroxyl groups is 1. The molecule has 0 bridgehead atoms. The molecule has 0 aliphatic heterocycles. The summed E-state index contributed by atoms with van der Waals surface area (Å²) in [7, 11) is 0. The highest BCUT2D eigenvalue weighted by molar-refractivity contribution is 5.81. The van der Waals surface area contributed by atoms with Crippen LogP contribution in [0.15, 0.2) is 12.3 Å². The molecule has 0 heterocycles. The van der Waals surface area contributed by atoms with Crippen molar-refractivity contribution < 1.29 is 9.90 Å². The molecule has 0 amide bonds. The van der Waals surface area contributed by atoms with Gasteiger partial charge in [-0.15, -0.1) is 0 Å². The van der Waals surface area contributed by atoms with Crippen molar-refractivity contribution in [2.45, 2.75) is 25.8 Å². The molecule has 0 aliphatic rings. The first-order valence-electron chi connectivity index (χ1n) is 3.17. The number of Topliss-reactive ketones (excluding diaryl/α,β-unsaturated/α-hetero) is 1. The summed E-state index contributed by atoms with van der Waals surface area (Å²) in [6.07, 6.45) is 0.880. The smallest absolute Gasteiger partial charge is 0.146 e. The van der Waals surface area contributed by atoms with Crippen LogP contribution in [0.4, 0.5) is 0 Å². The van der Waals surface area contributed by atoms with Gasteiger partial charge in [-0.05, 0) is 13.3 Å². The van der Waals surface area contributed by atoms with Crippen molar-refractivity contribution in [3.8, 4) is 0 Å². The lowest BCUT2D eigenvalue weighted by atomic mass is 10.1. The highest BCUT2D eigenvalue weighted by atomic mass is 16.3. The number of rotatable bonds is 4. The maximum absolute atomic E-state index is 10.5. The van der Waals surface area contributed by atoms with Crippen LogP contribution in [0.1, 0.15) is 19.8 Å². The molecule has 58 valence electrons. The molecule has 0 spiro atoms. The van der Waals surface area contributed by atoms with Gasteiger partial charge in [0.05, 0.1) is 11.8 Å². The summed E-state index contributed by atoms with van der Waals surface area (Å²) in [6.45, 7) is 4.71. The maximum atomic E-state index is 10.5. The molecule has 1 atom stereocenters. The number of hydrogen-bond acceptors (Lipinski definition) is 3. The molecule has 3 N–H and O–H groups in total. The number of ketones is 1. The van der Waals surface area contributed by atoms with Crippen LogP contribution in [-0.4, -0.2) is 16.9 Å². The Morgan fingerprint density at radius 3 is 2.60 bits per heavy atom. The molecular formula is C7H13NO2. The third-order valence-electron chi connectivity index (χ3n) is 1.27. The molecule has 1 unspecified atom stereocenters. The van der Waals surface area contributed by atoms with Crippen molar-refractivity contribution >= 4 is 5.78 Å². The van der Waals surface area contributed by atoms with Gasteiger partial charge in [0.2, 0.25) is 0 Å². The molecule has 0 saturated heterocycles. The van der Waals surface area contributed by atoms with E-state index in [4.69, 9.17) is 10.8 Å². The van der Waals surface area contributed by atoms with Gasteiger partial charge in [0.1, 0.15) is 5.78 Å². The number of allylic oxidation sites excluding steroid dienone is 1. The summed E-state index contributed by atoms with van der Waals surface area (Å²) in [5, 5.41) is 8.62. The first-order chi connectivity index (χ1) is 4.54. The van der Waals surface area contributed by atoms with Crippen molar-refractivity contribution in [3.63, 3.8) is 0 Å². The molecule has 0 fully saturated rings. The topological polar surface area (TPSA) is 63.3 Å². The molecule has 0 aromatic carbocycles. The lowest BCUT2D eigenvalue weighted by Gasteiger charge is -2.04. The van der Waals surface area contributed by atoms with E-state index >= 15 is 0 Å². The Morgan fingerprint density at radius 2 is 2.30 bits per heavy atom. The molecule has 0 radical (unpaired) electrons. The van der Waals surface area contributed by atoms with Gasteiger partial charge in [0, 0.05) is 6.42 Å². The van der Waals surface area contributed by atoms with Gasteiger partial charge in [-0.25, -0.2) is 0 Å². The van der Waals surface area contributed by atoms with Crippen molar-refractivity contribution in [2.75, 3.05) is 0 Å². The van der Waals surface area contributed by atoms with E-state index in [9.17, 15) is 4.79 Å². The van der Waals surface area contributed by atoms with Crippen LogP contribution in [0.25, 0.3) is 0 Å². The van der Waals surface area contributed by atoms with Gasteiger partial charge >= 0.3 is 0 Å². The fourth-order valence-corrected chi connectivity index (χ4v) is 0.525. The summed E-state index contributed by atoms with van der Waals surface area (Å²) < 4.78 is 0. The fraction of sp³-hybridized carbons (Fsp3) is 0.571. The van der Waals surface area contributed by atoms with Gasteiger partial charge in [-0.3, -0.25) is 4.79 Å². The Hall–Kier alpha value is -0.830. The average molecular weight is 143 g/mol. The Bertz CT molecular complexity index is 143. The quantitative estimate of drug-likeness (QED) is 0.571. The van der Waals surface area contributed by atoms with E-state index < -0.39 is 6.04 Å². The van der Waals surface area contributed by atoms with Gasteiger partial charge in [0.25, 0.3) is 0 Å². The van der Waals surface area contributed by atoms with Crippen molar-refractivity contribution in [2.24, 2.45) is 5.73 Å². The summed E-state index contributed by atoms with van der Waals surface area (Å²) in [5.41, 5.74) is 5.36. The van der Waals surface area contributed by atoms with Gasteiger partial charge in [-0.1, -0.05) is 6.58 Å². The SMILES string of the molecule is C=C(O)CCC(N)C(C)=O. The molecular weight excluding hydrogens is 130 g/mol. The summed E-state index contributed by atoms with van der Waals surface area (Å²) >= 11 is 0. The molecule has 0 aromatic rings. The summed E-state index contributed by atoms with van der Waals surface area (Å²) in [5.74, 6) is 0.0259. The first-order valence-corrected chi connectivity index (χ1v) is 3.17. The minimum atomic E-state index is -0.455. The van der Waals surface area contributed by atoms with Crippen molar-refractivity contribution in [1.82, 2.24) is 0 Å². The lowest BCUT2D eigenvalue weighted by molar-refractivity contribution is -0.118. The van der Waals surface area contributed by atoms with E-state index in [-0.39, 0.29) is 11.5 Å². The maximum Gasteiger partial charge on any atom is 0.146 e. The molecule has 0 aromatic heterocycles. The van der Waals surface area contributed by atoms with E-state index in [0.717, 1.165) is 0 Å². The Balaban J connectivity index is 3.49. The lowest BCUT2D eigenvalue weighted by Crippen LogP contribution is -2.27. The predicted molar refractivity (Wildman–Crippen MR) is 39.7 cm³/mol. The highest BCUT2D eigenvalue weighted by Gasteiger charge is 2.06. The molecule has 0 aliphatic carbocycles. The summed E-state index contributed by atoms with van der Waals surface area (Å²) in [6, 6.07) is -0.455. The number of carbonyl (C=O) groups excluding carboxylic acids is 1. The zero-order chi connectivity index (χ0) is 8.15. The molecule has 3 heteroatoms. The average Bonchev–Trinajstić information content (AvgIpc) is 1.82. The van der Waals surface area contributed by atoms with Crippen LogP contribution in [0.3, 0.4) is 0 Å². The third kappa shape index (κ3) is 4.09. The van der Waals surface area contributed by atoms with Crippen molar-refractivity contribution in [3.05, 3.63) is 12.3 Å². The normalized spacial score (nSPS) is 12.6. The zero-order valence-electron chi connectivity index (χ0n) is 6.13. The Kier molecular flexibility index (Phi) is 3.72. The second-order valence-corrected chi connectivity index (χ2v) is 2.32. The fourth-order valence-electron chi connectivity index (χ4n) is 0.525. The Labute approximate surface area is 60.5 Å². The van der Waals surface area contributed by atoms with Crippen LogP contribution in [0.2, 0.25) is 0 Å². The molecule has 10 heavy (non-hydrogen) atoms. The Morgan fingerprint density at radius 1 is 1.80 bits per heavy atom. The monoisotopic (exact) mass is 143 g/mol. The van der Waals surface area contributed by atoms with Gasteiger partial charge in [0.15, 0.2) is 0 Å². The van der Waals surface area contributed by atoms with E-state index in [2.05, 4.69) is 6.58 Å². The van der Waals surface area contributed by atoms with Crippen LogP contribution in [-0.2, 0) is 4.79 Å². The van der Waals surface area contributed by atoms with E-state index in [1.807, 2.05) is 0 Å². The predicted octanol–water partition coefficient (Wildman–Crippen LogP) is 0.755. The zero-order valence-corrected chi connectivity index (χ0v) is 6.13. The molecule has 0 rings (SSSR count). The standard InChI is InChI=1S/C7H13NO2/c1-5(9)3-4-7(8)6(2)10/h7,9H,1,3-4,8H2,2H3. The summed E-state index contributed by atoms with van der Waals surface area (Å²) in [4.78, 5) is 10.5. The van der Waals surface area contributed by atoms with Crippen molar-refractivity contribution in [1.29, 1.82) is 0 Å². The van der Waals surface area contributed by atoms with Gasteiger partial charge in [-0.2, -0.15) is 0 Å². The second-order valence-electron chi connectivity index (χ2n) is 2.32. The second kappa shape index (κ2) is 4.06. The third-order valence-corrected chi connectivity index (χ3v) is 1.27. The first kappa shape index (κ1) is 9.17. The molecule has 3 nitrogen and oxygen atoms in total. The number of nitrogens with two attached hydrogens (primary N) is 1. The minimum absolute atomic E-state index is 0.0544. The highest BCUT2D eigenvalue weighted by Crippen LogP contribution is 2.00. The van der Waals surface area contributed by atoms with Crippen LogP contribution >= 0.6 is 0 Å².